The number of esters is 1. The fourth-order valence-electron chi connectivity index (χ4n) is 5.13. The van der Waals surface area contributed by atoms with Crippen molar-refractivity contribution in [1.29, 1.82) is 0 Å². The highest BCUT2D eigenvalue weighted by atomic mass is 79.9. The summed E-state index contributed by atoms with van der Waals surface area (Å²) in [5, 5.41) is 8.81. The fourth-order valence-corrected chi connectivity index (χ4v) is 6.47. The van der Waals surface area contributed by atoms with E-state index in [-0.39, 0.29) is 18.2 Å². The van der Waals surface area contributed by atoms with Crippen LogP contribution in [0.15, 0.2) is 63.4 Å². The molecule has 212 valence electrons. The number of carbonyl (C=O) groups excluding carboxylic acids is 1. The number of nitrogens with zero attached hydrogens (tertiary/aromatic N) is 3. The molecule has 8 nitrogen and oxygen atoms in total. The van der Waals surface area contributed by atoms with E-state index in [2.05, 4.69) is 33.4 Å². The first kappa shape index (κ1) is 28.5. The van der Waals surface area contributed by atoms with Gasteiger partial charge in [-0.1, -0.05) is 48.5 Å². The normalized spacial score (nSPS) is 17.4. The van der Waals surface area contributed by atoms with E-state index < -0.39 is 6.04 Å². The SMILES string of the molecule is COc1cc(C2C(C(=O)OC3CCCCC3)=C(C)Nc3nc(SCc4ccccc4)nn32)cc(Br)c1OC(C)C. The van der Waals surface area contributed by atoms with Gasteiger partial charge >= 0.3 is 5.97 Å². The van der Waals surface area contributed by atoms with Crippen LogP contribution in [0.3, 0.4) is 0 Å². The zero-order chi connectivity index (χ0) is 28.2. The molecule has 2 heterocycles. The molecule has 0 amide bonds. The Labute approximate surface area is 248 Å². The first-order valence-corrected chi connectivity index (χ1v) is 15.5. The summed E-state index contributed by atoms with van der Waals surface area (Å²) in [6, 6.07) is 13.5. The van der Waals surface area contributed by atoms with Crippen LogP contribution in [-0.2, 0) is 15.3 Å². The van der Waals surface area contributed by atoms with Gasteiger partial charge in [-0.05, 0) is 85.6 Å². The Kier molecular flexibility index (Phi) is 9.05. The van der Waals surface area contributed by atoms with Crippen LogP contribution in [0, 0.1) is 0 Å². The Morgan fingerprint density at radius 2 is 1.93 bits per heavy atom. The van der Waals surface area contributed by atoms with Gasteiger partial charge in [0.25, 0.3) is 0 Å². The Morgan fingerprint density at radius 1 is 1.18 bits per heavy atom. The van der Waals surface area contributed by atoms with Crippen LogP contribution >= 0.6 is 27.7 Å². The number of hydrogen-bond acceptors (Lipinski definition) is 8. The molecule has 40 heavy (non-hydrogen) atoms. The number of ether oxygens (including phenoxy) is 3. The second-order valence-electron chi connectivity index (χ2n) is 10.4. The number of thioether (sulfide) groups is 1. The van der Waals surface area contributed by atoms with Crippen molar-refractivity contribution in [3.8, 4) is 11.5 Å². The van der Waals surface area contributed by atoms with Gasteiger partial charge in [0, 0.05) is 11.4 Å². The van der Waals surface area contributed by atoms with Gasteiger partial charge in [-0.2, -0.15) is 4.98 Å². The summed E-state index contributed by atoms with van der Waals surface area (Å²) in [5.41, 5.74) is 3.20. The van der Waals surface area contributed by atoms with Crippen molar-refractivity contribution in [2.45, 2.75) is 82.0 Å². The van der Waals surface area contributed by atoms with E-state index in [9.17, 15) is 4.79 Å². The van der Waals surface area contributed by atoms with Gasteiger partial charge in [-0.3, -0.25) is 0 Å². The number of allylic oxidation sites excluding steroid dienone is 1. The maximum atomic E-state index is 13.8. The van der Waals surface area contributed by atoms with Crippen LogP contribution in [0.5, 0.6) is 11.5 Å². The number of aromatic nitrogens is 3. The molecule has 1 fully saturated rings. The van der Waals surface area contributed by atoms with E-state index in [1.807, 2.05) is 51.1 Å². The third-order valence-corrected chi connectivity index (χ3v) is 8.51. The third kappa shape index (κ3) is 6.33. The van der Waals surface area contributed by atoms with Crippen LogP contribution < -0.4 is 14.8 Å². The topological polar surface area (TPSA) is 87.5 Å². The van der Waals surface area contributed by atoms with Crippen LogP contribution in [0.2, 0.25) is 0 Å². The van der Waals surface area contributed by atoms with Gasteiger partial charge in [0.2, 0.25) is 11.1 Å². The first-order valence-electron chi connectivity index (χ1n) is 13.7. The molecule has 0 saturated heterocycles. The largest absolute Gasteiger partial charge is 0.493 e. The lowest BCUT2D eigenvalue weighted by molar-refractivity contribution is -0.146. The lowest BCUT2D eigenvalue weighted by atomic mass is 9.94. The first-order chi connectivity index (χ1) is 19.3. The van der Waals surface area contributed by atoms with Gasteiger partial charge in [0.15, 0.2) is 11.5 Å². The van der Waals surface area contributed by atoms with Gasteiger partial charge in [0.05, 0.1) is 23.3 Å². The van der Waals surface area contributed by atoms with Crippen molar-refractivity contribution < 1.29 is 19.0 Å². The second-order valence-corrected chi connectivity index (χ2v) is 12.2. The minimum atomic E-state index is -0.566. The molecule has 0 radical (unpaired) electrons. The van der Waals surface area contributed by atoms with Gasteiger partial charge in [-0.15, -0.1) is 5.10 Å². The number of fused-ring (bicyclic) bond motifs is 1. The Balaban J connectivity index is 1.54. The minimum absolute atomic E-state index is 0.0378. The lowest BCUT2D eigenvalue weighted by Crippen LogP contribution is -2.32. The van der Waals surface area contributed by atoms with Crippen LogP contribution in [0.4, 0.5) is 5.95 Å². The highest BCUT2D eigenvalue weighted by Crippen LogP contribution is 2.44. The molecule has 1 aliphatic carbocycles. The van der Waals surface area contributed by atoms with E-state index in [4.69, 9.17) is 24.3 Å². The Morgan fingerprint density at radius 3 is 2.62 bits per heavy atom. The summed E-state index contributed by atoms with van der Waals surface area (Å²) in [6.07, 6.45) is 5.02. The fraction of sp³-hybridized carbons (Fsp3) is 0.433. The average Bonchev–Trinajstić information content (AvgIpc) is 3.35. The molecule has 10 heteroatoms. The number of hydrogen-bond donors (Lipinski definition) is 1. The molecule has 0 bridgehead atoms. The highest BCUT2D eigenvalue weighted by Gasteiger charge is 2.37. The summed E-state index contributed by atoms with van der Waals surface area (Å²) >= 11 is 5.23. The summed E-state index contributed by atoms with van der Waals surface area (Å²) in [5.74, 6) is 2.15. The highest BCUT2D eigenvalue weighted by molar-refractivity contribution is 9.10. The maximum absolute atomic E-state index is 13.8. The molecule has 1 aromatic heterocycles. The maximum Gasteiger partial charge on any atom is 0.338 e. The van der Waals surface area contributed by atoms with Crippen molar-refractivity contribution in [2.24, 2.45) is 0 Å². The van der Waals surface area contributed by atoms with E-state index in [0.29, 0.717) is 33.9 Å². The number of rotatable bonds is 9. The van der Waals surface area contributed by atoms with Crippen molar-refractivity contribution >= 4 is 39.6 Å². The van der Waals surface area contributed by atoms with Crippen molar-refractivity contribution in [3.63, 3.8) is 0 Å². The summed E-state index contributed by atoms with van der Waals surface area (Å²) < 4.78 is 20.3. The molecular weight excluding hydrogens is 592 g/mol. The lowest BCUT2D eigenvalue weighted by Gasteiger charge is -2.30. The minimum Gasteiger partial charge on any atom is -0.493 e. The van der Waals surface area contributed by atoms with Crippen LogP contribution in [0.1, 0.15) is 70.0 Å². The predicted molar refractivity (Wildman–Crippen MR) is 160 cm³/mol. The quantitative estimate of drug-likeness (QED) is 0.196. The molecular formula is C30H35BrN4O4S. The van der Waals surface area contributed by atoms with Crippen molar-refractivity contribution in [1.82, 2.24) is 14.8 Å². The number of nitrogens with one attached hydrogen (secondary N) is 1. The molecule has 3 aromatic rings. The van der Waals surface area contributed by atoms with Gasteiger partial charge < -0.3 is 19.5 Å². The van der Waals surface area contributed by atoms with Crippen LogP contribution in [-0.4, -0.2) is 40.1 Å². The standard InChI is InChI=1S/C30H35BrN4O4S/c1-18(2)38-27-23(31)15-21(16-24(27)37-4)26-25(28(36)39-22-13-9-6-10-14-22)19(3)32-29-33-30(34-35(26)29)40-17-20-11-7-5-8-12-20/h5,7-8,11-12,15-16,18,22,26H,6,9-10,13-14,17H2,1-4H3,(H,32,33,34). The molecule has 1 unspecified atom stereocenters. The van der Waals surface area contributed by atoms with E-state index >= 15 is 0 Å². The molecule has 5 rings (SSSR count). The number of benzene rings is 2. The molecule has 1 saturated carbocycles. The van der Waals surface area contributed by atoms with E-state index in [0.717, 1.165) is 41.5 Å². The molecule has 2 aliphatic rings. The monoisotopic (exact) mass is 626 g/mol. The zero-order valence-electron chi connectivity index (χ0n) is 23.3. The molecule has 1 atom stereocenters. The molecule has 2 aromatic carbocycles. The van der Waals surface area contributed by atoms with Crippen LogP contribution in [0.25, 0.3) is 0 Å². The molecule has 1 N–H and O–H groups in total. The summed E-state index contributed by atoms with van der Waals surface area (Å²) in [6.45, 7) is 5.82. The number of halogens is 1. The van der Waals surface area contributed by atoms with Crippen molar-refractivity contribution in [3.05, 3.63) is 69.3 Å². The third-order valence-electron chi connectivity index (χ3n) is 7.01. The second kappa shape index (κ2) is 12.7. The summed E-state index contributed by atoms with van der Waals surface area (Å²) in [4.78, 5) is 18.6. The Hall–Kier alpha value is -2.98. The number of methoxy groups -OCH3 is 1. The molecule has 0 spiro atoms. The predicted octanol–water partition coefficient (Wildman–Crippen LogP) is 7.29. The van der Waals surface area contributed by atoms with Gasteiger partial charge in [0.1, 0.15) is 12.1 Å². The van der Waals surface area contributed by atoms with Gasteiger partial charge in [-0.25, -0.2) is 9.48 Å². The van der Waals surface area contributed by atoms with E-state index in [1.165, 1.54) is 12.0 Å². The number of carbonyl (C=O) groups is 1. The smallest absolute Gasteiger partial charge is 0.338 e. The summed E-state index contributed by atoms with van der Waals surface area (Å²) in [7, 11) is 1.61. The van der Waals surface area contributed by atoms with Crippen molar-refractivity contribution in [2.75, 3.05) is 12.4 Å². The zero-order valence-corrected chi connectivity index (χ0v) is 25.7. The number of anilines is 1. The molecule has 1 aliphatic heterocycles. The Bertz CT molecular complexity index is 1390. The van der Waals surface area contributed by atoms with E-state index in [1.54, 1.807) is 23.6 Å². The average molecular weight is 628 g/mol.